The number of hydrogen-bond donors (Lipinski definition) is 2. The second-order valence-electron chi connectivity index (χ2n) is 6.54. The van der Waals surface area contributed by atoms with E-state index in [1.54, 1.807) is 0 Å². The Morgan fingerprint density at radius 3 is 2.42 bits per heavy atom. The highest BCUT2D eigenvalue weighted by molar-refractivity contribution is 5.78. The maximum atomic E-state index is 11.9. The molecule has 2 aliphatic rings. The Morgan fingerprint density at radius 1 is 1.16 bits per heavy atom. The van der Waals surface area contributed by atoms with E-state index in [9.17, 15) is 4.79 Å². The second-order valence-corrected chi connectivity index (χ2v) is 6.54. The lowest BCUT2D eigenvalue weighted by Crippen LogP contribution is -2.50. The summed E-state index contributed by atoms with van der Waals surface area (Å²) < 4.78 is 0. The number of piperidine rings is 1. The van der Waals surface area contributed by atoms with Gasteiger partial charge in [0.15, 0.2) is 0 Å². The molecule has 4 nitrogen and oxygen atoms in total. The third-order valence-corrected chi connectivity index (χ3v) is 4.49. The molecule has 1 aliphatic carbocycles. The summed E-state index contributed by atoms with van der Waals surface area (Å²) in [4.78, 5) is 13.9. The first kappa shape index (κ1) is 14.8. The van der Waals surface area contributed by atoms with Gasteiger partial charge in [0.1, 0.15) is 0 Å². The predicted octanol–water partition coefficient (Wildman–Crippen LogP) is 1.49. The van der Waals surface area contributed by atoms with Crippen LogP contribution in [0.1, 0.15) is 52.4 Å². The van der Waals surface area contributed by atoms with Crippen molar-refractivity contribution in [3.63, 3.8) is 0 Å². The average Bonchev–Trinajstić information content (AvgIpc) is 2.39. The zero-order valence-electron chi connectivity index (χ0n) is 12.4. The lowest BCUT2D eigenvalue weighted by atomic mass is 9.90. The zero-order valence-corrected chi connectivity index (χ0v) is 12.4. The molecule has 1 saturated carbocycles. The minimum Gasteiger partial charge on any atom is -0.342 e. The summed E-state index contributed by atoms with van der Waals surface area (Å²) in [5.41, 5.74) is 6.03. The van der Waals surface area contributed by atoms with E-state index in [0.29, 0.717) is 24.0 Å². The van der Waals surface area contributed by atoms with E-state index in [1.807, 2.05) is 18.7 Å². The molecule has 4 heteroatoms. The fourth-order valence-electron chi connectivity index (χ4n) is 3.34. The van der Waals surface area contributed by atoms with Gasteiger partial charge in [-0.15, -0.1) is 0 Å². The van der Waals surface area contributed by atoms with Crippen LogP contribution in [0.4, 0.5) is 0 Å². The van der Waals surface area contributed by atoms with E-state index in [1.165, 1.54) is 19.3 Å². The van der Waals surface area contributed by atoms with Gasteiger partial charge in [-0.3, -0.25) is 4.79 Å². The van der Waals surface area contributed by atoms with Crippen molar-refractivity contribution < 1.29 is 4.79 Å². The summed E-state index contributed by atoms with van der Waals surface area (Å²) in [6.45, 7) is 5.78. The Morgan fingerprint density at radius 2 is 1.84 bits per heavy atom. The standard InChI is InChI=1S/C15H29N3O/c1-11(2)15(19)18-8-6-13(7-9-18)17-14-5-3-4-12(16)10-14/h11-14,17H,3-10,16H2,1-2H3. The van der Waals surface area contributed by atoms with Gasteiger partial charge >= 0.3 is 0 Å². The van der Waals surface area contributed by atoms with Gasteiger partial charge in [-0.05, 0) is 32.1 Å². The van der Waals surface area contributed by atoms with Crippen molar-refractivity contribution in [1.82, 2.24) is 10.2 Å². The number of carbonyl (C=O) groups is 1. The van der Waals surface area contributed by atoms with Crippen molar-refractivity contribution in [3.8, 4) is 0 Å². The molecule has 0 aromatic rings. The van der Waals surface area contributed by atoms with E-state index < -0.39 is 0 Å². The molecule has 0 spiro atoms. The summed E-state index contributed by atoms with van der Waals surface area (Å²) in [5, 5.41) is 3.76. The minimum atomic E-state index is 0.126. The molecule has 2 atom stereocenters. The van der Waals surface area contributed by atoms with Crippen molar-refractivity contribution in [2.75, 3.05) is 13.1 Å². The van der Waals surface area contributed by atoms with E-state index >= 15 is 0 Å². The molecule has 110 valence electrons. The summed E-state index contributed by atoms with van der Waals surface area (Å²) in [5.74, 6) is 0.430. The lowest BCUT2D eigenvalue weighted by molar-refractivity contribution is -0.135. The first-order chi connectivity index (χ1) is 9.06. The Hall–Kier alpha value is -0.610. The van der Waals surface area contributed by atoms with Gasteiger partial charge in [0.05, 0.1) is 0 Å². The van der Waals surface area contributed by atoms with Crippen molar-refractivity contribution >= 4 is 5.91 Å². The van der Waals surface area contributed by atoms with Gasteiger partial charge in [0, 0.05) is 37.1 Å². The van der Waals surface area contributed by atoms with E-state index in [-0.39, 0.29) is 5.92 Å². The monoisotopic (exact) mass is 267 g/mol. The first-order valence-electron chi connectivity index (χ1n) is 7.86. The molecular formula is C15H29N3O. The number of nitrogens with one attached hydrogen (secondary N) is 1. The maximum absolute atomic E-state index is 11.9. The maximum Gasteiger partial charge on any atom is 0.225 e. The van der Waals surface area contributed by atoms with Crippen molar-refractivity contribution in [3.05, 3.63) is 0 Å². The molecule has 0 aromatic heterocycles. The van der Waals surface area contributed by atoms with Crippen LogP contribution in [0, 0.1) is 5.92 Å². The van der Waals surface area contributed by atoms with E-state index in [0.717, 1.165) is 32.4 Å². The number of nitrogens with two attached hydrogens (primary N) is 1. The summed E-state index contributed by atoms with van der Waals surface area (Å²) >= 11 is 0. The number of amides is 1. The van der Waals surface area contributed by atoms with Gasteiger partial charge in [-0.25, -0.2) is 0 Å². The molecule has 2 rings (SSSR count). The first-order valence-corrected chi connectivity index (χ1v) is 7.86. The lowest BCUT2D eigenvalue weighted by Gasteiger charge is -2.37. The van der Waals surface area contributed by atoms with Gasteiger partial charge in [-0.1, -0.05) is 20.3 Å². The Balaban J connectivity index is 1.72. The minimum absolute atomic E-state index is 0.126. The molecule has 1 amide bonds. The molecule has 19 heavy (non-hydrogen) atoms. The van der Waals surface area contributed by atoms with Gasteiger partial charge in [-0.2, -0.15) is 0 Å². The third-order valence-electron chi connectivity index (χ3n) is 4.49. The number of carbonyl (C=O) groups excluding carboxylic acids is 1. The van der Waals surface area contributed by atoms with Crippen LogP contribution in [0.5, 0.6) is 0 Å². The molecular weight excluding hydrogens is 238 g/mol. The Kier molecular flexibility index (Phi) is 5.22. The van der Waals surface area contributed by atoms with Gasteiger partial charge in [0.2, 0.25) is 5.91 Å². The summed E-state index contributed by atoms with van der Waals surface area (Å²) in [6, 6.07) is 1.56. The molecule has 2 unspecified atom stereocenters. The molecule has 3 N–H and O–H groups in total. The molecule has 0 aromatic carbocycles. The van der Waals surface area contributed by atoms with Crippen molar-refractivity contribution in [1.29, 1.82) is 0 Å². The normalized spacial score (nSPS) is 29.8. The summed E-state index contributed by atoms with van der Waals surface area (Å²) in [6.07, 6.45) is 6.99. The highest BCUT2D eigenvalue weighted by Gasteiger charge is 2.27. The molecule has 1 saturated heterocycles. The van der Waals surface area contributed by atoms with Crippen LogP contribution < -0.4 is 11.1 Å². The number of nitrogens with zero attached hydrogens (tertiary/aromatic N) is 1. The highest BCUT2D eigenvalue weighted by Crippen LogP contribution is 2.20. The number of rotatable bonds is 3. The van der Waals surface area contributed by atoms with E-state index in [4.69, 9.17) is 5.73 Å². The largest absolute Gasteiger partial charge is 0.342 e. The van der Waals surface area contributed by atoms with Crippen LogP contribution in [0.3, 0.4) is 0 Å². The molecule has 1 aliphatic heterocycles. The molecule has 0 bridgehead atoms. The highest BCUT2D eigenvalue weighted by atomic mass is 16.2. The smallest absolute Gasteiger partial charge is 0.225 e. The van der Waals surface area contributed by atoms with Crippen LogP contribution in [0.15, 0.2) is 0 Å². The second kappa shape index (κ2) is 6.71. The molecule has 2 fully saturated rings. The van der Waals surface area contributed by atoms with Crippen LogP contribution in [0.25, 0.3) is 0 Å². The molecule has 1 heterocycles. The van der Waals surface area contributed by atoms with Crippen LogP contribution in [-0.2, 0) is 4.79 Å². The zero-order chi connectivity index (χ0) is 13.8. The summed E-state index contributed by atoms with van der Waals surface area (Å²) in [7, 11) is 0. The van der Waals surface area contributed by atoms with Gasteiger partial charge < -0.3 is 16.0 Å². The SMILES string of the molecule is CC(C)C(=O)N1CCC(NC2CCCC(N)C2)CC1. The fourth-order valence-corrected chi connectivity index (χ4v) is 3.34. The Labute approximate surface area is 117 Å². The van der Waals surface area contributed by atoms with Crippen LogP contribution in [-0.4, -0.2) is 42.0 Å². The van der Waals surface area contributed by atoms with Crippen molar-refractivity contribution in [2.24, 2.45) is 11.7 Å². The number of likely N-dealkylation sites (tertiary alicyclic amines) is 1. The van der Waals surface area contributed by atoms with E-state index in [2.05, 4.69) is 5.32 Å². The van der Waals surface area contributed by atoms with Crippen LogP contribution in [0.2, 0.25) is 0 Å². The third kappa shape index (κ3) is 4.18. The van der Waals surface area contributed by atoms with Crippen LogP contribution >= 0.6 is 0 Å². The molecule has 0 radical (unpaired) electrons. The topological polar surface area (TPSA) is 58.4 Å². The fraction of sp³-hybridized carbons (Fsp3) is 0.933. The van der Waals surface area contributed by atoms with Gasteiger partial charge in [0.25, 0.3) is 0 Å². The quantitative estimate of drug-likeness (QED) is 0.814. The predicted molar refractivity (Wildman–Crippen MR) is 77.8 cm³/mol. The van der Waals surface area contributed by atoms with Crippen molar-refractivity contribution in [2.45, 2.75) is 70.5 Å². The number of hydrogen-bond acceptors (Lipinski definition) is 3. The average molecular weight is 267 g/mol. The Bertz CT molecular complexity index is 298.